The lowest BCUT2D eigenvalue weighted by Gasteiger charge is -2.36. The predicted octanol–water partition coefficient (Wildman–Crippen LogP) is 3.74. The molecule has 0 bridgehead atoms. The maximum absolute atomic E-state index is 14.1. The third-order valence-electron chi connectivity index (χ3n) is 5.32. The zero-order chi connectivity index (χ0) is 20.5. The van der Waals surface area contributed by atoms with Crippen molar-refractivity contribution in [3.05, 3.63) is 65.1 Å². The van der Waals surface area contributed by atoms with E-state index in [-0.39, 0.29) is 17.8 Å². The van der Waals surface area contributed by atoms with Crippen LogP contribution in [0.3, 0.4) is 0 Å². The number of para-hydroxylation sites is 1. The van der Waals surface area contributed by atoms with E-state index in [4.69, 9.17) is 17.3 Å². The molecule has 29 heavy (non-hydrogen) atoms. The Bertz CT molecular complexity index is 1040. The minimum atomic E-state index is -0.233. The minimum absolute atomic E-state index is 0.0195. The SMILES string of the molecule is C[C@H](N)Cn1cc(C(=O)N2CCN(c3ccccc3F)CC2)c2ccc(Cl)cc21. The molecule has 0 saturated carbocycles. The Kier molecular flexibility index (Phi) is 5.48. The van der Waals surface area contributed by atoms with Crippen molar-refractivity contribution in [2.75, 3.05) is 31.1 Å². The smallest absolute Gasteiger partial charge is 0.256 e. The van der Waals surface area contributed by atoms with Crippen LogP contribution in [-0.2, 0) is 6.54 Å². The molecule has 152 valence electrons. The molecule has 1 aliphatic heterocycles. The van der Waals surface area contributed by atoms with E-state index in [1.54, 1.807) is 18.2 Å². The van der Waals surface area contributed by atoms with E-state index in [0.717, 1.165) is 10.9 Å². The molecule has 1 atom stereocenters. The zero-order valence-electron chi connectivity index (χ0n) is 16.3. The van der Waals surface area contributed by atoms with Crippen LogP contribution < -0.4 is 10.6 Å². The summed E-state index contributed by atoms with van der Waals surface area (Å²) < 4.78 is 16.1. The van der Waals surface area contributed by atoms with Crippen molar-refractivity contribution in [1.82, 2.24) is 9.47 Å². The second-order valence-electron chi connectivity index (χ2n) is 7.56. The highest BCUT2D eigenvalue weighted by Crippen LogP contribution is 2.27. The first-order valence-corrected chi connectivity index (χ1v) is 10.1. The number of fused-ring (bicyclic) bond motifs is 1. The lowest BCUT2D eigenvalue weighted by Crippen LogP contribution is -2.49. The number of amides is 1. The van der Waals surface area contributed by atoms with Crippen molar-refractivity contribution in [3.8, 4) is 0 Å². The highest BCUT2D eigenvalue weighted by atomic mass is 35.5. The van der Waals surface area contributed by atoms with E-state index in [9.17, 15) is 9.18 Å². The van der Waals surface area contributed by atoms with E-state index < -0.39 is 0 Å². The van der Waals surface area contributed by atoms with Gasteiger partial charge in [-0.15, -0.1) is 0 Å². The number of anilines is 1. The maximum Gasteiger partial charge on any atom is 0.256 e. The van der Waals surface area contributed by atoms with E-state index in [0.29, 0.717) is 49.0 Å². The molecule has 3 aromatic rings. The Morgan fingerprint density at radius 3 is 2.59 bits per heavy atom. The summed E-state index contributed by atoms with van der Waals surface area (Å²) in [5.74, 6) is -0.253. The number of halogens is 2. The molecule has 1 aliphatic rings. The van der Waals surface area contributed by atoms with E-state index in [2.05, 4.69) is 0 Å². The van der Waals surface area contributed by atoms with E-state index in [1.165, 1.54) is 6.07 Å². The van der Waals surface area contributed by atoms with E-state index >= 15 is 0 Å². The van der Waals surface area contributed by atoms with Crippen LogP contribution >= 0.6 is 11.6 Å². The average molecular weight is 415 g/mol. The summed E-state index contributed by atoms with van der Waals surface area (Å²) >= 11 is 6.18. The van der Waals surface area contributed by atoms with Gasteiger partial charge in [-0.1, -0.05) is 29.8 Å². The Morgan fingerprint density at radius 2 is 1.90 bits per heavy atom. The second-order valence-corrected chi connectivity index (χ2v) is 8.00. The summed E-state index contributed by atoms with van der Waals surface area (Å²) in [6, 6.07) is 12.3. The molecule has 1 fully saturated rings. The second kappa shape index (κ2) is 8.05. The van der Waals surface area contributed by atoms with Gasteiger partial charge in [0.1, 0.15) is 5.82 Å². The Morgan fingerprint density at radius 1 is 1.17 bits per heavy atom. The first kappa shape index (κ1) is 19.7. The predicted molar refractivity (Wildman–Crippen MR) is 115 cm³/mol. The molecular weight excluding hydrogens is 391 g/mol. The molecule has 0 aliphatic carbocycles. The number of benzene rings is 2. The topological polar surface area (TPSA) is 54.5 Å². The van der Waals surface area contributed by atoms with Gasteiger partial charge in [0.05, 0.1) is 16.8 Å². The van der Waals surface area contributed by atoms with Crippen LogP contribution in [0.1, 0.15) is 17.3 Å². The largest absolute Gasteiger partial charge is 0.366 e. The van der Waals surface area contributed by atoms with Gasteiger partial charge >= 0.3 is 0 Å². The lowest BCUT2D eigenvalue weighted by molar-refractivity contribution is 0.0748. The molecule has 1 saturated heterocycles. The van der Waals surface area contributed by atoms with Gasteiger partial charge in [0, 0.05) is 55.4 Å². The third kappa shape index (κ3) is 3.95. The van der Waals surface area contributed by atoms with Gasteiger partial charge in [-0.05, 0) is 31.2 Å². The summed E-state index contributed by atoms with van der Waals surface area (Å²) in [6.45, 7) is 4.81. The summed E-state index contributed by atoms with van der Waals surface area (Å²) in [5, 5.41) is 1.50. The summed E-state index contributed by atoms with van der Waals surface area (Å²) in [4.78, 5) is 17.1. The maximum atomic E-state index is 14.1. The number of rotatable bonds is 4. The Hall–Kier alpha value is -2.57. The molecule has 4 rings (SSSR count). The molecule has 2 heterocycles. The fourth-order valence-corrected chi connectivity index (χ4v) is 4.09. The molecule has 0 spiro atoms. The van der Waals surface area contributed by atoms with Crippen LogP contribution in [0.4, 0.5) is 10.1 Å². The van der Waals surface area contributed by atoms with Gasteiger partial charge in [0.25, 0.3) is 5.91 Å². The van der Waals surface area contributed by atoms with Gasteiger partial charge < -0.3 is 20.1 Å². The number of hydrogen-bond acceptors (Lipinski definition) is 3. The van der Waals surface area contributed by atoms with Crippen molar-refractivity contribution in [1.29, 1.82) is 0 Å². The molecule has 1 amide bonds. The molecule has 2 N–H and O–H groups in total. The summed E-state index contributed by atoms with van der Waals surface area (Å²) in [7, 11) is 0. The van der Waals surface area contributed by atoms with Crippen molar-refractivity contribution < 1.29 is 9.18 Å². The van der Waals surface area contributed by atoms with Gasteiger partial charge in [-0.25, -0.2) is 4.39 Å². The average Bonchev–Trinajstić information content (AvgIpc) is 3.05. The first-order valence-electron chi connectivity index (χ1n) is 9.77. The van der Waals surface area contributed by atoms with Crippen LogP contribution in [0.2, 0.25) is 5.02 Å². The number of carbonyl (C=O) groups is 1. The van der Waals surface area contributed by atoms with Gasteiger partial charge in [-0.3, -0.25) is 4.79 Å². The number of nitrogens with zero attached hydrogens (tertiary/aromatic N) is 3. The van der Waals surface area contributed by atoms with Crippen LogP contribution in [0.5, 0.6) is 0 Å². The third-order valence-corrected chi connectivity index (χ3v) is 5.55. The number of hydrogen-bond donors (Lipinski definition) is 1. The Labute approximate surface area is 174 Å². The zero-order valence-corrected chi connectivity index (χ0v) is 17.1. The molecule has 0 radical (unpaired) electrons. The van der Waals surface area contributed by atoms with Gasteiger partial charge in [0.2, 0.25) is 0 Å². The number of piperazine rings is 1. The molecule has 2 aromatic carbocycles. The van der Waals surface area contributed by atoms with Crippen molar-refractivity contribution in [2.45, 2.75) is 19.5 Å². The quantitative estimate of drug-likeness (QED) is 0.707. The standard InChI is InChI=1S/C22H24ClFN4O/c1-15(25)13-28-14-18(17-7-6-16(23)12-21(17)28)22(29)27-10-8-26(9-11-27)20-5-3-2-4-19(20)24/h2-7,12,14-15H,8-11,13,25H2,1H3/t15-/m0/s1. The number of nitrogens with two attached hydrogens (primary N) is 1. The van der Waals surface area contributed by atoms with Crippen LogP contribution in [-0.4, -0.2) is 47.6 Å². The molecular formula is C22H24ClFN4O. The normalized spacial score (nSPS) is 15.7. The number of carbonyl (C=O) groups excluding carboxylic acids is 1. The monoisotopic (exact) mass is 414 g/mol. The minimum Gasteiger partial charge on any atom is -0.366 e. The first-order chi connectivity index (χ1) is 13.9. The molecule has 5 nitrogen and oxygen atoms in total. The fraction of sp³-hybridized carbons (Fsp3) is 0.318. The highest BCUT2D eigenvalue weighted by Gasteiger charge is 2.26. The van der Waals surface area contributed by atoms with Crippen LogP contribution in [0.15, 0.2) is 48.7 Å². The molecule has 7 heteroatoms. The van der Waals surface area contributed by atoms with E-state index in [1.807, 2.05) is 45.7 Å². The number of aromatic nitrogens is 1. The Balaban J connectivity index is 1.56. The van der Waals surface area contributed by atoms with Crippen molar-refractivity contribution in [2.24, 2.45) is 5.73 Å². The van der Waals surface area contributed by atoms with Gasteiger partial charge in [-0.2, -0.15) is 0 Å². The summed E-state index contributed by atoms with van der Waals surface area (Å²) in [5.41, 5.74) is 8.12. The summed E-state index contributed by atoms with van der Waals surface area (Å²) in [6.07, 6.45) is 1.87. The molecule has 0 unspecified atom stereocenters. The van der Waals surface area contributed by atoms with Crippen LogP contribution in [0, 0.1) is 5.82 Å². The molecule has 1 aromatic heterocycles. The highest BCUT2D eigenvalue weighted by molar-refractivity contribution is 6.31. The van der Waals surface area contributed by atoms with Crippen molar-refractivity contribution >= 4 is 34.1 Å². The fourth-order valence-electron chi connectivity index (χ4n) is 3.93. The van der Waals surface area contributed by atoms with Gasteiger partial charge in [0.15, 0.2) is 0 Å². The van der Waals surface area contributed by atoms with Crippen molar-refractivity contribution in [3.63, 3.8) is 0 Å². The van der Waals surface area contributed by atoms with Crippen LogP contribution in [0.25, 0.3) is 10.9 Å². The lowest BCUT2D eigenvalue weighted by atomic mass is 10.1.